The first-order chi connectivity index (χ1) is 10.1. The number of nitrogens with one attached hydrogen (secondary N) is 2. The van der Waals surface area contributed by atoms with E-state index in [0.717, 1.165) is 29.8 Å². The zero-order valence-electron chi connectivity index (χ0n) is 12.8. The molecule has 2 bridgehead atoms. The second-order valence-corrected chi connectivity index (χ2v) is 6.43. The molecule has 2 heterocycles. The summed E-state index contributed by atoms with van der Waals surface area (Å²) in [4.78, 5) is 12.3. The Labute approximate surface area is 126 Å². The minimum absolute atomic E-state index is 0.100. The van der Waals surface area contributed by atoms with Crippen molar-refractivity contribution in [2.24, 2.45) is 5.92 Å². The van der Waals surface area contributed by atoms with Crippen LogP contribution in [-0.4, -0.2) is 25.1 Å². The summed E-state index contributed by atoms with van der Waals surface area (Å²) in [5, 5.41) is 6.62. The quantitative estimate of drug-likeness (QED) is 0.895. The van der Waals surface area contributed by atoms with Crippen LogP contribution in [0.3, 0.4) is 0 Å². The van der Waals surface area contributed by atoms with E-state index in [9.17, 15) is 4.79 Å². The molecule has 2 N–H and O–H groups in total. The van der Waals surface area contributed by atoms with Gasteiger partial charge in [0.2, 0.25) is 5.91 Å². The molecule has 2 unspecified atom stereocenters. The number of benzene rings is 1. The van der Waals surface area contributed by atoms with Crippen molar-refractivity contribution in [3.8, 4) is 5.75 Å². The molecule has 2 fully saturated rings. The number of fused-ring (bicyclic) bond motifs is 2. The molecule has 4 nitrogen and oxygen atoms in total. The topological polar surface area (TPSA) is 50.4 Å². The molecule has 1 aromatic carbocycles. The second-order valence-electron chi connectivity index (χ2n) is 6.43. The lowest BCUT2D eigenvalue weighted by Gasteiger charge is -2.28. The lowest BCUT2D eigenvalue weighted by atomic mass is 9.89. The lowest BCUT2D eigenvalue weighted by molar-refractivity contribution is -0.117. The first-order valence-corrected chi connectivity index (χ1v) is 7.84. The zero-order valence-corrected chi connectivity index (χ0v) is 12.8. The van der Waals surface area contributed by atoms with Gasteiger partial charge in [0.25, 0.3) is 0 Å². The van der Waals surface area contributed by atoms with E-state index in [4.69, 9.17) is 4.74 Å². The molecule has 0 radical (unpaired) electrons. The summed E-state index contributed by atoms with van der Waals surface area (Å²) in [5.74, 6) is 1.34. The van der Waals surface area contributed by atoms with Gasteiger partial charge in [-0.05, 0) is 56.2 Å². The predicted octanol–water partition coefficient (Wildman–Crippen LogP) is 2.86. The minimum atomic E-state index is 0.100. The minimum Gasteiger partial charge on any atom is -0.495 e. The molecule has 114 valence electrons. The van der Waals surface area contributed by atoms with Gasteiger partial charge in [0.15, 0.2) is 0 Å². The van der Waals surface area contributed by atoms with Crippen molar-refractivity contribution >= 4 is 11.6 Å². The lowest BCUT2D eigenvalue weighted by Crippen LogP contribution is -2.39. The van der Waals surface area contributed by atoms with Crippen LogP contribution in [0, 0.1) is 12.8 Å². The fourth-order valence-electron chi connectivity index (χ4n) is 3.71. The highest BCUT2D eigenvalue weighted by Gasteiger charge is 2.34. The average Bonchev–Trinajstić information content (AvgIpc) is 2.80. The molecule has 2 saturated heterocycles. The van der Waals surface area contributed by atoms with Crippen LogP contribution in [0.25, 0.3) is 0 Å². The largest absolute Gasteiger partial charge is 0.495 e. The fourth-order valence-corrected chi connectivity index (χ4v) is 3.71. The molecule has 0 aliphatic carbocycles. The van der Waals surface area contributed by atoms with E-state index in [2.05, 4.69) is 10.6 Å². The Bertz CT molecular complexity index is 518. The molecule has 2 aliphatic rings. The number of carbonyl (C=O) groups excluding carboxylic acids is 1. The Morgan fingerprint density at radius 1 is 1.33 bits per heavy atom. The van der Waals surface area contributed by atoms with Crippen LogP contribution >= 0.6 is 0 Å². The van der Waals surface area contributed by atoms with Gasteiger partial charge in [0, 0.05) is 18.5 Å². The van der Waals surface area contributed by atoms with Crippen LogP contribution < -0.4 is 15.4 Å². The number of carbonyl (C=O) groups is 1. The molecule has 3 rings (SSSR count). The van der Waals surface area contributed by atoms with E-state index in [0.29, 0.717) is 24.4 Å². The van der Waals surface area contributed by atoms with Gasteiger partial charge in [-0.25, -0.2) is 0 Å². The maximum Gasteiger partial charge on any atom is 0.224 e. The molecule has 4 heteroatoms. The monoisotopic (exact) mass is 288 g/mol. The number of hydrogen-bond donors (Lipinski definition) is 2. The Balaban J connectivity index is 1.59. The predicted molar refractivity (Wildman–Crippen MR) is 83.6 cm³/mol. The summed E-state index contributed by atoms with van der Waals surface area (Å²) < 4.78 is 5.34. The summed E-state index contributed by atoms with van der Waals surface area (Å²) in [6, 6.07) is 7.12. The number of hydrogen-bond acceptors (Lipinski definition) is 3. The van der Waals surface area contributed by atoms with E-state index in [1.165, 1.54) is 12.8 Å². The van der Waals surface area contributed by atoms with Gasteiger partial charge in [-0.1, -0.05) is 6.07 Å². The third kappa shape index (κ3) is 3.38. The summed E-state index contributed by atoms with van der Waals surface area (Å²) in [5.41, 5.74) is 1.89. The van der Waals surface area contributed by atoms with Crippen LogP contribution in [0.5, 0.6) is 5.75 Å². The first-order valence-electron chi connectivity index (χ1n) is 7.84. The van der Waals surface area contributed by atoms with Gasteiger partial charge in [-0.3, -0.25) is 4.79 Å². The van der Waals surface area contributed by atoms with E-state index in [1.807, 2.05) is 25.1 Å². The van der Waals surface area contributed by atoms with Crippen molar-refractivity contribution in [1.29, 1.82) is 0 Å². The van der Waals surface area contributed by atoms with E-state index >= 15 is 0 Å². The van der Waals surface area contributed by atoms with Crippen LogP contribution in [0.4, 0.5) is 5.69 Å². The molecule has 1 aromatic rings. The number of ether oxygens (including phenoxy) is 1. The molecule has 0 saturated carbocycles. The van der Waals surface area contributed by atoms with Gasteiger partial charge in [0.05, 0.1) is 12.8 Å². The van der Waals surface area contributed by atoms with Crippen molar-refractivity contribution in [1.82, 2.24) is 5.32 Å². The van der Waals surface area contributed by atoms with Crippen molar-refractivity contribution < 1.29 is 9.53 Å². The Hall–Kier alpha value is -1.55. The number of methoxy groups -OCH3 is 1. The maximum absolute atomic E-state index is 12.3. The molecule has 1 amide bonds. The summed E-state index contributed by atoms with van der Waals surface area (Å²) >= 11 is 0. The van der Waals surface area contributed by atoms with E-state index in [-0.39, 0.29) is 5.91 Å². The van der Waals surface area contributed by atoms with Crippen LogP contribution in [0.2, 0.25) is 0 Å². The van der Waals surface area contributed by atoms with Gasteiger partial charge in [-0.2, -0.15) is 0 Å². The van der Waals surface area contributed by atoms with E-state index in [1.54, 1.807) is 7.11 Å². The number of rotatable bonds is 4. The van der Waals surface area contributed by atoms with Crippen molar-refractivity contribution in [2.75, 3.05) is 12.4 Å². The van der Waals surface area contributed by atoms with Gasteiger partial charge >= 0.3 is 0 Å². The van der Waals surface area contributed by atoms with Gasteiger partial charge in [0.1, 0.15) is 5.75 Å². The molecular weight excluding hydrogens is 264 g/mol. The SMILES string of the molecule is COc1cc(C)ccc1NC(=O)CC1CC2CCC(C1)N2. The Kier molecular flexibility index (Phi) is 4.15. The number of anilines is 1. The fraction of sp³-hybridized carbons (Fsp3) is 0.588. The highest BCUT2D eigenvalue weighted by molar-refractivity contribution is 5.92. The average molecular weight is 288 g/mol. The zero-order chi connectivity index (χ0) is 14.8. The molecule has 2 atom stereocenters. The van der Waals surface area contributed by atoms with Crippen LogP contribution in [-0.2, 0) is 4.79 Å². The Morgan fingerprint density at radius 3 is 2.71 bits per heavy atom. The van der Waals surface area contributed by atoms with Gasteiger partial charge < -0.3 is 15.4 Å². The maximum atomic E-state index is 12.3. The molecule has 2 aliphatic heterocycles. The summed E-state index contributed by atoms with van der Waals surface area (Å²) in [6.45, 7) is 2.01. The highest BCUT2D eigenvalue weighted by Crippen LogP contribution is 2.33. The van der Waals surface area contributed by atoms with Crippen molar-refractivity contribution in [3.05, 3.63) is 23.8 Å². The summed E-state index contributed by atoms with van der Waals surface area (Å²) in [7, 11) is 1.63. The first kappa shape index (κ1) is 14.4. The highest BCUT2D eigenvalue weighted by atomic mass is 16.5. The number of aryl methyl sites for hydroxylation is 1. The van der Waals surface area contributed by atoms with E-state index < -0.39 is 0 Å². The standard InChI is InChI=1S/C17H24N2O2/c1-11-3-6-15(16(7-11)21-2)19-17(20)10-12-8-13-4-5-14(9-12)18-13/h3,6-7,12-14,18H,4-5,8-10H2,1-2H3,(H,19,20). The summed E-state index contributed by atoms with van der Waals surface area (Å²) in [6.07, 6.45) is 5.43. The molecular formula is C17H24N2O2. The normalized spacial score (nSPS) is 27.4. The van der Waals surface area contributed by atoms with Crippen LogP contribution in [0.1, 0.15) is 37.7 Å². The Morgan fingerprint density at radius 2 is 2.05 bits per heavy atom. The number of piperidine rings is 1. The van der Waals surface area contributed by atoms with Crippen LogP contribution in [0.15, 0.2) is 18.2 Å². The second kappa shape index (κ2) is 6.06. The molecule has 0 spiro atoms. The third-order valence-electron chi connectivity index (χ3n) is 4.68. The van der Waals surface area contributed by atoms with Crippen molar-refractivity contribution in [3.63, 3.8) is 0 Å². The van der Waals surface area contributed by atoms with Gasteiger partial charge in [-0.15, -0.1) is 0 Å². The third-order valence-corrected chi connectivity index (χ3v) is 4.68. The number of amides is 1. The molecule has 21 heavy (non-hydrogen) atoms. The smallest absolute Gasteiger partial charge is 0.224 e. The molecule has 0 aromatic heterocycles. The van der Waals surface area contributed by atoms with Crippen molar-refractivity contribution in [2.45, 2.75) is 51.1 Å².